The maximum Gasteiger partial charge on any atom is 0.405 e. The number of carboxylic acid groups (broad SMARTS) is 1. The van der Waals surface area contributed by atoms with Crippen LogP contribution in [0.1, 0.15) is 18.4 Å². The largest absolute Gasteiger partial charge is 0.465 e. The average molecular weight is 561 g/mol. The minimum atomic E-state index is -3.59. The number of benzene rings is 2. The third-order valence-electron chi connectivity index (χ3n) is 6.97. The van der Waals surface area contributed by atoms with E-state index in [0.717, 1.165) is 16.7 Å². The normalized spacial score (nSPS) is 18.6. The molecule has 2 saturated heterocycles. The van der Waals surface area contributed by atoms with Crippen molar-refractivity contribution in [3.8, 4) is 11.1 Å². The molecule has 3 amide bonds. The average Bonchev–Trinajstić information content (AvgIpc) is 2.93. The van der Waals surface area contributed by atoms with E-state index in [1.165, 1.54) is 4.31 Å². The molecule has 1 atom stereocenters. The van der Waals surface area contributed by atoms with Gasteiger partial charge in [0.15, 0.2) is 0 Å². The number of ether oxygens (including phenoxy) is 2. The summed E-state index contributed by atoms with van der Waals surface area (Å²) in [5.74, 6) is -1.37. The third-order valence-corrected chi connectivity index (χ3v) is 8.88. The molecule has 2 heterocycles. The van der Waals surface area contributed by atoms with Crippen LogP contribution >= 0.6 is 0 Å². The molecule has 39 heavy (non-hydrogen) atoms. The zero-order valence-corrected chi connectivity index (χ0v) is 22.1. The van der Waals surface area contributed by atoms with Crippen LogP contribution in [-0.4, -0.2) is 86.8 Å². The van der Waals surface area contributed by atoms with Gasteiger partial charge in [-0.15, -0.1) is 0 Å². The monoisotopic (exact) mass is 560 g/mol. The van der Waals surface area contributed by atoms with Crippen LogP contribution in [0.3, 0.4) is 0 Å². The van der Waals surface area contributed by atoms with Gasteiger partial charge in [0.25, 0.3) is 0 Å². The number of primary amides is 1. The van der Waals surface area contributed by atoms with E-state index in [-0.39, 0.29) is 37.4 Å². The van der Waals surface area contributed by atoms with Gasteiger partial charge in [0.2, 0.25) is 21.8 Å². The van der Waals surface area contributed by atoms with E-state index in [4.69, 9.17) is 15.2 Å². The fourth-order valence-electron chi connectivity index (χ4n) is 4.68. The molecule has 2 aromatic carbocycles. The number of sulfonamides is 1. The summed E-state index contributed by atoms with van der Waals surface area (Å²) in [6.45, 7) is 1.80. The Hall–Kier alpha value is -3.52. The van der Waals surface area contributed by atoms with Crippen molar-refractivity contribution >= 4 is 27.9 Å². The number of hydrogen-bond acceptors (Lipinski definition) is 7. The number of rotatable bonds is 9. The number of nitrogens with one attached hydrogen (secondary N) is 2. The zero-order chi connectivity index (χ0) is 28.0. The minimum Gasteiger partial charge on any atom is -0.465 e. The Kier molecular flexibility index (Phi) is 8.85. The van der Waals surface area contributed by atoms with Gasteiger partial charge in [-0.3, -0.25) is 9.59 Å². The number of nitrogens with two attached hydrogens (primary N) is 1. The summed E-state index contributed by atoms with van der Waals surface area (Å²) in [5, 5.41) is 14.1. The van der Waals surface area contributed by atoms with Crippen LogP contribution in [0.5, 0.6) is 0 Å². The molecule has 1 unspecified atom stereocenters. The van der Waals surface area contributed by atoms with Crippen LogP contribution in [0.2, 0.25) is 0 Å². The molecule has 2 aromatic rings. The molecule has 0 aromatic heterocycles. The van der Waals surface area contributed by atoms with Crippen molar-refractivity contribution in [2.45, 2.75) is 35.7 Å². The Morgan fingerprint density at radius 3 is 2.00 bits per heavy atom. The van der Waals surface area contributed by atoms with E-state index in [1.807, 2.05) is 12.1 Å². The van der Waals surface area contributed by atoms with Gasteiger partial charge in [-0.05, 0) is 28.8 Å². The van der Waals surface area contributed by atoms with Crippen LogP contribution in [0.25, 0.3) is 11.1 Å². The van der Waals surface area contributed by atoms with Crippen LogP contribution in [0, 0.1) is 0 Å². The molecule has 5 N–H and O–H groups in total. The van der Waals surface area contributed by atoms with Crippen LogP contribution in [0.4, 0.5) is 4.79 Å². The van der Waals surface area contributed by atoms with E-state index in [1.54, 1.807) is 36.4 Å². The maximum absolute atomic E-state index is 13.0. The summed E-state index contributed by atoms with van der Waals surface area (Å²) in [5.41, 5.74) is 6.52. The highest BCUT2D eigenvalue weighted by Crippen LogP contribution is 2.25. The van der Waals surface area contributed by atoms with Gasteiger partial charge in [0.05, 0.1) is 18.1 Å². The first kappa shape index (κ1) is 28.5. The minimum absolute atomic E-state index is 0.109. The van der Waals surface area contributed by atoms with Crippen molar-refractivity contribution < 1.29 is 37.4 Å². The molecule has 0 spiro atoms. The lowest BCUT2D eigenvalue weighted by molar-refractivity contribution is -0.134. The highest BCUT2D eigenvalue weighted by Gasteiger charge is 2.42. The van der Waals surface area contributed by atoms with Gasteiger partial charge in [0.1, 0.15) is 11.6 Å². The summed E-state index contributed by atoms with van der Waals surface area (Å²) in [7, 11) is -3.59. The highest BCUT2D eigenvalue weighted by atomic mass is 32.2. The summed E-state index contributed by atoms with van der Waals surface area (Å²) in [6, 6.07) is 12.8. The lowest BCUT2D eigenvalue weighted by Crippen LogP contribution is -2.63. The topological polar surface area (TPSA) is 177 Å². The van der Waals surface area contributed by atoms with Crippen molar-refractivity contribution in [3.05, 3.63) is 54.1 Å². The van der Waals surface area contributed by atoms with E-state index in [0.29, 0.717) is 26.3 Å². The van der Waals surface area contributed by atoms with E-state index in [9.17, 15) is 27.9 Å². The molecule has 0 aliphatic carbocycles. The molecular weight excluding hydrogens is 528 g/mol. The summed E-state index contributed by atoms with van der Waals surface area (Å²) in [6.07, 6.45) is -0.960. The lowest BCUT2D eigenvalue weighted by atomic mass is 9.88. The summed E-state index contributed by atoms with van der Waals surface area (Å²) >= 11 is 0. The van der Waals surface area contributed by atoms with Gasteiger partial charge in [-0.25, -0.2) is 13.2 Å². The Bertz CT molecular complexity index is 1290. The van der Waals surface area contributed by atoms with Crippen molar-refractivity contribution in [1.29, 1.82) is 0 Å². The fraction of sp³-hybridized carbons (Fsp3) is 0.423. The second kappa shape index (κ2) is 12.1. The zero-order valence-electron chi connectivity index (χ0n) is 21.3. The van der Waals surface area contributed by atoms with Gasteiger partial charge in [0, 0.05) is 45.6 Å². The first-order chi connectivity index (χ1) is 18.6. The highest BCUT2D eigenvalue weighted by molar-refractivity contribution is 7.89. The number of amides is 3. The molecular formula is C26H32N4O8S. The summed E-state index contributed by atoms with van der Waals surface area (Å²) in [4.78, 5) is 36.7. The van der Waals surface area contributed by atoms with E-state index in [2.05, 4.69) is 10.6 Å². The van der Waals surface area contributed by atoms with Crippen LogP contribution in [0.15, 0.2) is 53.4 Å². The molecule has 0 radical (unpaired) electrons. The second-order valence-electron chi connectivity index (χ2n) is 9.49. The Balaban J connectivity index is 1.43. The van der Waals surface area contributed by atoms with Crippen molar-refractivity contribution in [2.75, 3.05) is 39.5 Å². The third kappa shape index (κ3) is 6.74. The lowest BCUT2D eigenvalue weighted by Gasteiger charge is -2.36. The molecule has 2 fully saturated rings. The van der Waals surface area contributed by atoms with Crippen LogP contribution in [-0.2, 0) is 35.5 Å². The maximum atomic E-state index is 13.0. The Morgan fingerprint density at radius 2 is 1.46 bits per heavy atom. The van der Waals surface area contributed by atoms with Gasteiger partial charge in [-0.2, -0.15) is 4.31 Å². The first-order valence-electron chi connectivity index (χ1n) is 12.6. The van der Waals surface area contributed by atoms with Crippen LogP contribution < -0.4 is 16.4 Å². The van der Waals surface area contributed by atoms with Crippen molar-refractivity contribution in [2.24, 2.45) is 5.73 Å². The molecule has 210 valence electrons. The number of carbonyl (C=O) groups excluding carboxylic acids is 2. The summed E-state index contributed by atoms with van der Waals surface area (Å²) < 4.78 is 37.6. The van der Waals surface area contributed by atoms with E-state index < -0.39 is 39.5 Å². The smallest absolute Gasteiger partial charge is 0.405 e. The number of carbonyl (C=O) groups is 3. The Labute approximate surface area is 226 Å². The second-order valence-corrected chi connectivity index (χ2v) is 11.4. The van der Waals surface area contributed by atoms with E-state index >= 15 is 0 Å². The Morgan fingerprint density at radius 1 is 0.923 bits per heavy atom. The van der Waals surface area contributed by atoms with Gasteiger partial charge < -0.3 is 30.9 Å². The quantitative estimate of drug-likeness (QED) is 0.346. The molecule has 12 nitrogen and oxygen atoms in total. The fourth-order valence-corrected chi connectivity index (χ4v) is 6.08. The molecule has 0 bridgehead atoms. The number of morpholine rings is 1. The van der Waals surface area contributed by atoms with Gasteiger partial charge in [-0.1, -0.05) is 36.4 Å². The van der Waals surface area contributed by atoms with Gasteiger partial charge >= 0.3 is 6.09 Å². The molecule has 4 rings (SSSR count). The van der Waals surface area contributed by atoms with Crippen molar-refractivity contribution in [3.63, 3.8) is 0 Å². The molecule has 0 saturated carbocycles. The number of hydrogen-bond donors (Lipinski definition) is 4. The number of nitrogens with zero attached hydrogens (tertiary/aromatic N) is 1. The predicted molar refractivity (Wildman–Crippen MR) is 140 cm³/mol. The van der Waals surface area contributed by atoms with Crippen molar-refractivity contribution in [1.82, 2.24) is 14.9 Å². The first-order valence-corrected chi connectivity index (χ1v) is 14.0. The molecule has 2 aliphatic rings. The molecule has 2 aliphatic heterocycles. The standard InChI is InChI=1S/C26H32N4O8S/c27-23(31)22(28-24(32)26(29-25(33)34)9-13-37-14-10-26)17-18-1-3-19(4-2-18)20-5-7-21(8-6-20)39(35,36)30-11-15-38-16-12-30/h1-8,22,29H,9-17H2,(H2,27,31)(H,28,32)(H,33,34). The molecule has 13 heteroatoms. The SMILES string of the molecule is NC(=O)C(Cc1ccc(-c2ccc(S(=O)(=O)N3CCOCC3)cc2)cc1)NC(=O)C1(NC(=O)O)CCOCC1. The predicted octanol–water partition coefficient (Wildman–Crippen LogP) is 0.704.